The van der Waals surface area contributed by atoms with Gasteiger partial charge in [0.05, 0.1) is 13.2 Å². The van der Waals surface area contributed by atoms with E-state index >= 15 is 0 Å². The molecule has 1 aliphatic heterocycles. The van der Waals surface area contributed by atoms with Gasteiger partial charge in [0.1, 0.15) is 0 Å². The Kier molecular flexibility index (Phi) is 8.33. The molecule has 118 valence electrons. The highest BCUT2D eigenvalue weighted by molar-refractivity contribution is 7.98. The number of guanidine groups is 1. The number of aliphatic imine (C=N–C) groups is 1. The van der Waals surface area contributed by atoms with E-state index in [4.69, 9.17) is 4.74 Å². The number of nitrogens with one attached hydrogen (secondary N) is 2. The molecule has 1 rings (SSSR count). The van der Waals surface area contributed by atoms with E-state index in [0.29, 0.717) is 0 Å². The molecule has 0 spiro atoms. The monoisotopic (exact) mass is 302 g/mol. The summed E-state index contributed by atoms with van der Waals surface area (Å²) in [5.41, 5.74) is 0.112. The number of hydrogen-bond donors (Lipinski definition) is 2. The minimum Gasteiger partial charge on any atom is -0.379 e. The Labute approximate surface area is 127 Å². The van der Waals surface area contributed by atoms with Gasteiger partial charge in [-0.1, -0.05) is 0 Å². The van der Waals surface area contributed by atoms with Crippen LogP contribution in [0.2, 0.25) is 0 Å². The second-order valence-electron chi connectivity index (χ2n) is 5.61. The lowest BCUT2D eigenvalue weighted by Gasteiger charge is -2.41. The van der Waals surface area contributed by atoms with Gasteiger partial charge in [-0.25, -0.2) is 0 Å². The summed E-state index contributed by atoms with van der Waals surface area (Å²) in [6.45, 7) is 10.1. The summed E-state index contributed by atoms with van der Waals surface area (Å²) < 4.78 is 5.42. The molecule has 1 saturated heterocycles. The summed E-state index contributed by atoms with van der Waals surface area (Å²) in [7, 11) is 1.83. The van der Waals surface area contributed by atoms with Crippen LogP contribution >= 0.6 is 11.8 Å². The van der Waals surface area contributed by atoms with Crippen LogP contribution in [0.25, 0.3) is 0 Å². The predicted molar refractivity (Wildman–Crippen MR) is 88.8 cm³/mol. The van der Waals surface area contributed by atoms with Crippen LogP contribution in [0.3, 0.4) is 0 Å². The lowest BCUT2D eigenvalue weighted by Crippen LogP contribution is -2.56. The first-order valence-corrected chi connectivity index (χ1v) is 8.76. The van der Waals surface area contributed by atoms with E-state index in [0.717, 1.165) is 51.8 Å². The summed E-state index contributed by atoms with van der Waals surface area (Å²) >= 11 is 1.88. The first kappa shape index (κ1) is 17.6. The number of rotatable bonds is 7. The fourth-order valence-corrected chi connectivity index (χ4v) is 2.66. The average molecular weight is 302 g/mol. The molecular weight excluding hydrogens is 272 g/mol. The molecule has 0 aromatic rings. The van der Waals surface area contributed by atoms with E-state index in [2.05, 4.69) is 40.6 Å². The second kappa shape index (κ2) is 9.47. The maximum atomic E-state index is 5.42. The maximum absolute atomic E-state index is 5.42. The molecule has 6 heteroatoms. The van der Waals surface area contributed by atoms with E-state index < -0.39 is 0 Å². The molecule has 0 aliphatic carbocycles. The summed E-state index contributed by atoms with van der Waals surface area (Å²) in [6.07, 6.45) is 3.30. The van der Waals surface area contributed by atoms with E-state index in [1.807, 2.05) is 18.8 Å². The SMILES string of the molecule is CN=C(NCCCSC)NCC(C)(C)N1CCOCC1. The van der Waals surface area contributed by atoms with Crippen molar-refractivity contribution < 1.29 is 4.74 Å². The molecule has 1 fully saturated rings. The number of morpholine rings is 1. The van der Waals surface area contributed by atoms with E-state index in [1.165, 1.54) is 5.75 Å². The topological polar surface area (TPSA) is 48.9 Å². The maximum Gasteiger partial charge on any atom is 0.191 e. The fourth-order valence-electron chi connectivity index (χ4n) is 2.22. The molecule has 20 heavy (non-hydrogen) atoms. The minimum absolute atomic E-state index is 0.112. The summed E-state index contributed by atoms with van der Waals surface area (Å²) in [5.74, 6) is 2.08. The van der Waals surface area contributed by atoms with Crippen LogP contribution in [-0.4, -0.2) is 74.8 Å². The summed E-state index contributed by atoms with van der Waals surface area (Å²) in [6, 6.07) is 0. The Morgan fingerprint density at radius 1 is 1.30 bits per heavy atom. The number of thioether (sulfide) groups is 1. The Morgan fingerprint density at radius 3 is 2.60 bits per heavy atom. The first-order chi connectivity index (χ1) is 9.60. The molecule has 0 saturated carbocycles. The highest BCUT2D eigenvalue weighted by atomic mass is 32.2. The molecule has 5 nitrogen and oxygen atoms in total. The highest BCUT2D eigenvalue weighted by Crippen LogP contribution is 2.14. The van der Waals surface area contributed by atoms with Crippen LogP contribution in [0, 0.1) is 0 Å². The van der Waals surface area contributed by atoms with Gasteiger partial charge >= 0.3 is 0 Å². The largest absolute Gasteiger partial charge is 0.379 e. The minimum atomic E-state index is 0.112. The lowest BCUT2D eigenvalue weighted by molar-refractivity contribution is -0.00833. The molecule has 0 radical (unpaired) electrons. The molecular formula is C14H30N4OS. The van der Waals surface area contributed by atoms with Crippen molar-refractivity contribution in [2.75, 3.05) is 58.4 Å². The number of hydrogen-bond acceptors (Lipinski definition) is 4. The molecule has 0 unspecified atom stereocenters. The van der Waals surface area contributed by atoms with Gasteiger partial charge in [-0.3, -0.25) is 9.89 Å². The molecule has 1 aliphatic rings. The van der Waals surface area contributed by atoms with Gasteiger partial charge in [-0.2, -0.15) is 11.8 Å². The second-order valence-corrected chi connectivity index (χ2v) is 6.60. The standard InChI is InChI=1S/C14H30N4OS/c1-14(2,18-7-9-19-10-8-18)12-17-13(15-3)16-6-5-11-20-4/h5-12H2,1-4H3,(H2,15,16,17). The average Bonchev–Trinajstić information content (AvgIpc) is 2.47. The summed E-state index contributed by atoms with van der Waals surface area (Å²) in [5, 5.41) is 6.80. The van der Waals surface area contributed by atoms with Crippen molar-refractivity contribution in [1.82, 2.24) is 15.5 Å². The zero-order valence-corrected chi connectivity index (χ0v) is 14.2. The van der Waals surface area contributed by atoms with E-state index in [1.54, 1.807) is 0 Å². The van der Waals surface area contributed by atoms with Gasteiger partial charge < -0.3 is 15.4 Å². The van der Waals surface area contributed by atoms with Crippen LogP contribution < -0.4 is 10.6 Å². The van der Waals surface area contributed by atoms with Gasteiger partial charge in [0.25, 0.3) is 0 Å². The zero-order valence-electron chi connectivity index (χ0n) is 13.4. The van der Waals surface area contributed by atoms with Crippen molar-refractivity contribution >= 4 is 17.7 Å². The normalized spacial score (nSPS) is 18.1. The molecule has 0 atom stereocenters. The van der Waals surface area contributed by atoms with Crippen molar-refractivity contribution in [1.29, 1.82) is 0 Å². The van der Waals surface area contributed by atoms with Crippen LogP contribution in [-0.2, 0) is 4.74 Å². The Balaban J connectivity index is 2.30. The van der Waals surface area contributed by atoms with Gasteiger partial charge in [0.2, 0.25) is 0 Å². The Morgan fingerprint density at radius 2 is 2.00 bits per heavy atom. The number of ether oxygens (including phenoxy) is 1. The summed E-state index contributed by atoms with van der Waals surface area (Å²) in [4.78, 5) is 6.75. The molecule has 0 aromatic carbocycles. The molecule has 2 N–H and O–H groups in total. The van der Waals surface area contributed by atoms with Crippen molar-refractivity contribution in [3.63, 3.8) is 0 Å². The third kappa shape index (κ3) is 6.33. The van der Waals surface area contributed by atoms with Crippen molar-refractivity contribution in [2.24, 2.45) is 4.99 Å². The molecule has 1 heterocycles. The van der Waals surface area contributed by atoms with Gasteiger partial charge in [0, 0.05) is 38.8 Å². The first-order valence-electron chi connectivity index (χ1n) is 7.36. The van der Waals surface area contributed by atoms with Crippen LogP contribution in [0.4, 0.5) is 0 Å². The van der Waals surface area contributed by atoms with Gasteiger partial charge in [-0.05, 0) is 32.3 Å². The predicted octanol–water partition coefficient (Wildman–Crippen LogP) is 1.02. The van der Waals surface area contributed by atoms with Crippen LogP contribution in [0.15, 0.2) is 4.99 Å². The molecule has 0 amide bonds. The van der Waals surface area contributed by atoms with Gasteiger partial charge in [0.15, 0.2) is 5.96 Å². The number of nitrogens with zero attached hydrogens (tertiary/aromatic N) is 2. The van der Waals surface area contributed by atoms with Crippen molar-refractivity contribution in [3.8, 4) is 0 Å². The van der Waals surface area contributed by atoms with E-state index in [9.17, 15) is 0 Å². The molecule has 0 bridgehead atoms. The van der Waals surface area contributed by atoms with Crippen LogP contribution in [0.1, 0.15) is 20.3 Å². The highest BCUT2D eigenvalue weighted by Gasteiger charge is 2.28. The zero-order chi connectivity index (χ0) is 14.8. The van der Waals surface area contributed by atoms with Gasteiger partial charge in [-0.15, -0.1) is 0 Å². The fraction of sp³-hybridized carbons (Fsp3) is 0.929. The Bertz CT molecular complexity index is 291. The molecule has 0 aromatic heterocycles. The van der Waals surface area contributed by atoms with Crippen molar-refractivity contribution in [2.45, 2.75) is 25.8 Å². The Hall–Kier alpha value is -0.460. The van der Waals surface area contributed by atoms with E-state index in [-0.39, 0.29) is 5.54 Å². The third-order valence-corrected chi connectivity index (χ3v) is 4.29. The quantitative estimate of drug-likeness (QED) is 0.418. The lowest BCUT2D eigenvalue weighted by atomic mass is 10.0. The van der Waals surface area contributed by atoms with Crippen LogP contribution in [0.5, 0.6) is 0 Å². The smallest absolute Gasteiger partial charge is 0.191 e. The van der Waals surface area contributed by atoms with Crippen molar-refractivity contribution in [3.05, 3.63) is 0 Å². The third-order valence-electron chi connectivity index (χ3n) is 3.60.